The molecular weight excluding hydrogens is 304 g/mol. The lowest BCUT2D eigenvalue weighted by molar-refractivity contribution is 0.577. The summed E-state index contributed by atoms with van der Waals surface area (Å²) in [4.78, 5) is 8.04. The lowest BCUT2D eigenvalue weighted by Gasteiger charge is -2.05. The van der Waals surface area contributed by atoms with Gasteiger partial charge in [0.2, 0.25) is 0 Å². The highest BCUT2D eigenvalue weighted by atomic mass is 32.2. The van der Waals surface area contributed by atoms with Crippen LogP contribution >= 0.6 is 0 Å². The number of nitrogens with one attached hydrogen (secondary N) is 1. The van der Waals surface area contributed by atoms with Crippen LogP contribution in [0.5, 0.6) is 0 Å². The average Bonchev–Trinajstić information content (AvgIpc) is 3.17. The van der Waals surface area contributed by atoms with Crippen LogP contribution in [0.4, 0.5) is 0 Å². The summed E-state index contributed by atoms with van der Waals surface area (Å²) in [6.45, 7) is 0.148. The van der Waals surface area contributed by atoms with Gasteiger partial charge in [0, 0.05) is 26.0 Å². The molecule has 0 spiro atoms. The van der Waals surface area contributed by atoms with Crippen molar-refractivity contribution in [1.82, 2.24) is 19.3 Å². The molecule has 7 nitrogen and oxygen atoms in total. The molecule has 0 bridgehead atoms. The summed E-state index contributed by atoms with van der Waals surface area (Å²) in [6, 6.07) is 7.09. The number of rotatable bonds is 5. The Hall–Kier alpha value is -2.45. The molecule has 0 atom stereocenters. The molecule has 0 aliphatic carbocycles. The number of nitrogens with zero attached hydrogens (tertiary/aromatic N) is 3. The van der Waals surface area contributed by atoms with E-state index in [0.717, 1.165) is 5.56 Å². The van der Waals surface area contributed by atoms with Gasteiger partial charge in [0.1, 0.15) is 5.69 Å². The number of hydrogen-bond acceptors (Lipinski definition) is 5. The molecule has 1 N–H and O–H groups in total. The minimum Gasteiger partial charge on any atom is -0.463 e. The number of pyridine rings is 1. The number of aryl methyl sites for hydroxylation is 1. The molecule has 8 heteroatoms. The molecule has 0 aliphatic heterocycles. The third kappa shape index (κ3) is 3.07. The smallest absolute Gasteiger partial charge is 0.259 e. The fourth-order valence-corrected chi connectivity index (χ4v) is 2.92. The number of imidazole rings is 1. The van der Waals surface area contributed by atoms with E-state index in [-0.39, 0.29) is 11.6 Å². The first-order valence-corrected chi connectivity index (χ1v) is 7.99. The quantitative estimate of drug-likeness (QED) is 0.771. The van der Waals surface area contributed by atoms with E-state index in [2.05, 4.69) is 14.7 Å². The molecule has 0 amide bonds. The Balaban J connectivity index is 1.75. The van der Waals surface area contributed by atoms with Gasteiger partial charge in [0.25, 0.3) is 10.0 Å². The Labute approximate surface area is 127 Å². The van der Waals surface area contributed by atoms with Gasteiger partial charge < -0.3 is 8.98 Å². The van der Waals surface area contributed by atoms with Gasteiger partial charge in [-0.05, 0) is 29.8 Å². The minimum absolute atomic E-state index is 0.00434. The first-order chi connectivity index (χ1) is 10.5. The molecule has 3 aromatic heterocycles. The Morgan fingerprint density at radius 1 is 1.32 bits per heavy atom. The van der Waals surface area contributed by atoms with E-state index >= 15 is 0 Å². The van der Waals surface area contributed by atoms with Gasteiger partial charge in [0.05, 0.1) is 12.6 Å². The Kier molecular flexibility index (Phi) is 3.78. The number of aromatic nitrogens is 3. The second-order valence-corrected chi connectivity index (χ2v) is 6.44. The summed E-state index contributed by atoms with van der Waals surface area (Å²) in [5.74, 6) is 0.634. The molecule has 3 aromatic rings. The van der Waals surface area contributed by atoms with E-state index in [1.807, 2.05) is 0 Å². The fourth-order valence-electron chi connectivity index (χ4n) is 1.92. The second-order valence-electron chi connectivity index (χ2n) is 4.73. The highest BCUT2D eigenvalue weighted by Crippen LogP contribution is 2.18. The van der Waals surface area contributed by atoms with Crippen molar-refractivity contribution in [3.05, 3.63) is 54.8 Å². The van der Waals surface area contributed by atoms with Crippen LogP contribution in [0, 0.1) is 0 Å². The highest BCUT2D eigenvalue weighted by molar-refractivity contribution is 7.89. The molecule has 3 heterocycles. The molecule has 0 saturated heterocycles. The molecule has 3 rings (SSSR count). The third-order valence-electron chi connectivity index (χ3n) is 3.02. The van der Waals surface area contributed by atoms with E-state index < -0.39 is 10.0 Å². The van der Waals surface area contributed by atoms with Gasteiger partial charge >= 0.3 is 0 Å². The minimum atomic E-state index is -3.63. The first-order valence-electron chi connectivity index (χ1n) is 6.51. The molecule has 0 unspecified atom stereocenters. The zero-order valence-corrected chi connectivity index (χ0v) is 12.6. The second kappa shape index (κ2) is 5.74. The van der Waals surface area contributed by atoms with Crippen LogP contribution in [0.3, 0.4) is 0 Å². The summed E-state index contributed by atoms with van der Waals surface area (Å²) < 4.78 is 33.6. The summed E-state index contributed by atoms with van der Waals surface area (Å²) in [5.41, 5.74) is 1.43. The van der Waals surface area contributed by atoms with E-state index in [1.54, 1.807) is 48.3 Å². The normalized spacial score (nSPS) is 11.7. The predicted molar refractivity (Wildman–Crippen MR) is 79.2 cm³/mol. The van der Waals surface area contributed by atoms with Gasteiger partial charge in [-0.3, -0.25) is 4.98 Å². The van der Waals surface area contributed by atoms with Crippen LogP contribution in [0.2, 0.25) is 0 Å². The maximum Gasteiger partial charge on any atom is 0.259 e. The summed E-state index contributed by atoms with van der Waals surface area (Å²) in [6.07, 6.45) is 6.06. The van der Waals surface area contributed by atoms with Crippen LogP contribution in [-0.4, -0.2) is 23.0 Å². The Bertz CT molecular complexity index is 869. The van der Waals surface area contributed by atoms with Crippen LogP contribution in [0.25, 0.3) is 11.5 Å². The molecule has 0 saturated carbocycles. The number of sulfonamides is 1. The average molecular weight is 318 g/mol. The number of hydrogen-bond donors (Lipinski definition) is 1. The van der Waals surface area contributed by atoms with Crippen LogP contribution in [-0.2, 0) is 23.6 Å². The molecule has 114 valence electrons. The Morgan fingerprint density at radius 3 is 2.86 bits per heavy atom. The van der Waals surface area contributed by atoms with E-state index in [9.17, 15) is 8.42 Å². The van der Waals surface area contributed by atoms with Crippen LogP contribution < -0.4 is 4.72 Å². The zero-order valence-electron chi connectivity index (χ0n) is 11.8. The summed E-state index contributed by atoms with van der Waals surface area (Å²) >= 11 is 0. The maximum atomic E-state index is 12.1. The Morgan fingerprint density at radius 2 is 2.18 bits per heavy atom. The van der Waals surface area contributed by atoms with Crippen molar-refractivity contribution in [2.24, 2.45) is 7.05 Å². The van der Waals surface area contributed by atoms with Gasteiger partial charge in [-0.15, -0.1) is 0 Å². The highest BCUT2D eigenvalue weighted by Gasteiger charge is 2.16. The van der Waals surface area contributed by atoms with Crippen molar-refractivity contribution in [2.45, 2.75) is 11.6 Å². The lowest BCUT2D eigenvalue weighted by Crippen LogP contribution is -2.23. The van der Waals surface area contributed by atoms with Gasteiger partial charge in [-0.25, -0.2) is 18.1 Å². The maximum absolute atomic E-state index is 12.1. The van der Waals surface area contributed by atoms with Crippen molar-refractivity contribution in [2.75, 3.05) is 0 Å². The van der Waals surface area contributed by atoms with Crippen molar-refractivity contribution in [1.29, 1.82) is 0 Å². The summed E-state index contributed by atoms with van der Waals surface area (Å²) in [5, 5.41) is -0.00434. The van der Waals surface area contributed by atoms with Crippen LogP contribution in [0.15, 0.2) is 58.7 Å². The lowest BCUT2D eigenvalue weighted by atomic mass is 10.2. The van der Waals surface area contributed by atoms with Gasteiger partial charge in [-0.2, -0.15) is 0 Å². The largest absolute Gasteiger partial charge is 0.463 e. The first kappa shape index (κ1) is 14.5. The van der Waals surface area contributed by atoms with Crippen molar-refractivity contribution in [3.63, 3.8) is 0 Å². The fraction of sp³-hybridized carbons (Fsp3) is 0.143. The molecular formula is C14H14N4O3S. The predicted octanol–water partition coefficient (Wildman–Crippen LogP) is 1.55. The number of furan rings is 1. The third-order valence-corrected chi connectivity index (χ3v) is 4.31. The van der Waals surface area contributed by atoms with Gasteiger partial charge in [0.15, 0.2) is 10.8 Å². The van der Waals surface area contributed by atoms with Crippen molar-refractivity contribution >= 4 is 10.0 Å². The van der Waals surface area contributed by atoms with Crippen LogP contribution in [0.1, 0.15) is 5.56 Å². The molecule has 0 radical (unpaired) electrons. The molecule has 0 aliphatic rings. The van der Waals surface area contributed by atoms with E-state index in [4.69, 9.17) is 4.42 Å². The van der Waals surface area contributed by atoms with E-state index in [1.165, 1.54) is 12.5 Å². The zero-order chi connectivity index (χ0) is 15.6. The van der Waals surface area contributed by atoms with Crippen molar-refractivity contribution in [3.8, 4) is 11.5 Å². The standard InChI is InChI=1S/C14H14N4O3S/c1-18-9-14(16-10-18)22(19,20)17-8-11-4-5-15-12(7-11)13-3-2-6-21-13/h2-7,9-10,17H,8H2,1H3. The molecule has 22 heavy (non-hydrogen) atoms. The molecule has 0 fully saturated rings. The summed E-state index contributed by atoms with van der Waals surface area (Å²) in [7, 11) is -1.92. The SMILES string of the molecule is Cn1cnc(S(=O)(=O)NCc2ccnc(-c3ccco3)c2)c1. The molecule has 0 aromatic carbocycles. The van der Waals surface area contributed by atoms with E-state index in [0.29, 0.717) is 11.5 Å². The van der Waals surface area contributed by atoms with Gasteiger partial charge in [-0.1, -0.05) is 0 Å². The van der Waals surface area contributed by atoms with Crippen molar-refractivity contribution < 1.29 is 12.8 Å². The monoisotopic (exact) mass is 318 g/mol. The topological polar surface area (TPSA) is 90.0 Å².